The summed E-state index contributed by atoms with van der Waals surface area (Å²) in [5.74, 6) is 1.81. The Bertz CT molecular complexity index is 390. The molecule has 2 aliphatic rings. The molecule has 1 N–H and O–H groups in total. The van der Waals surface area contributed by atoms with Crippen LogP contribution in [0.25, 0.3) is 0 Å². The van der Waals surface area contributed by atoms with Gasteiger partial charge in [-0.2, -0.15) is 0 Å². The minimum absolute atomic E-state index is 0.848. The Labute approximate surface area is 130 Å². The molecule has 1 atom stereocenters. The molecule has 2 saturated carbocycles. The van der Waals surface area contributed by atoms with E-state index >= 15 is 0 Å². The van der Waals surface area contributed by atoms with Crippen molar-refractivity contribution in [1.82, 2.24) is 5.32 Å². The fourth-order valence-corrected chi connectivity index (χ4v) is 3.72. The predicted octanol–water partition coefficient (Wildman–Crippen LogP) is 4.39. The number of rotatable bonds is 6. The lowest BCUT2D eigenvalue weighted by Gasteiger charge is -2.24. The molecule has 19 heavy (non-hydrogen) atoms. The van der Waals surface area contributed by atoms with E-state index in [1.165, 1.54) is 60.6 Å². The van der Waals surface area contributed by atoms with E-state index in [4.69, 9.17) is 0 Å². The molecule has 0 amide bonds. The van der Waals surface area contributed by atoms with Gasteiger partial charge in [0.2, 0.25) is 0 Å². The average molecular weight is 369 g/mol. The third-order valence-electron chi connectivity index (χ3n) is 4.72. The number of nitrogens with one attached hydrogen (secondary N) is 1. The first-order valence-corrected chi connectivity index (χ1v) is 8.87. The maximum Gasteiger partial charge on any atom is 0.0130 e. The lowest BCUT2D eigenvalue weighted by atomic mass is 9.85. The lowest BCUT2D eigenvalue weighted by molar-refractivity contribution is 0.320. The number of hydrogen-bond acceptors (Lipinski definition) is 1. The van der Waals surface area contributed by atoms with Crippen LogP contribution in [-0.4, -0.2) is 12.6 Å². The molecule has 1 aromatic carbocycles. The van der Waals surface area contributed by atoms with Crippen molar-refractivity contribution in [3.05, 3.63) is 33.4 Å². The molecule has 2 aliphatic carbocycles. The molecule has 0 bridgehead atoms. The molecular weight excluding hydrogens is 345 g/mol. The molecule has 1 unspecified atom stereocenters. The largest absolute Gasteiger partial charge is 0.314 e. The van der Waals surface area contributed by atoms with Crippen LogP contribution in [0.15, 0.2) is 24.3 Å². The van der Waals surface area contributed by atoms with Crippen molar-refractivity contribution in [1.29, 1.82) is 0 Å². The standard InChI is InChI=1S/C17H24IN/c18-16-7-5-13(6-8-16)11-15(12-19-17-9-10-17)14-3-1-2-4-14/h5-8,14-15,17,19H,1-4,9-12H2. The zero-order chi connectivity index (χ0) is 13.1. The minimum Gasteiger partial charge on any atom is -0.314 e. The van der Waals surface area contributed by atoms with Crippen LogP contribution in [0, 0.1) is 15.4 Å². The molecule has 0 spiro atoms. The minimum atomic E-state index is 0.848. The molecule has 0 radical (unpaired) electrons. The fourth-order valence-electron chi connectivity index (χ4n) is 3.36. The highest BCUT2D eigenvalue weighted by atomic mass is 127. The number of hydrogen-bond donors (Lipinski definition) is 1. The van der Waals surface area contributed by atoms with Gasteiger partial charge in [0.05, 0.1) is 0 Å². The number of benzene rings is 1. The van der Waals surface area contributed by atoms with E-state index in [-0.39, 0.29) is 0 Å². The van der Waals surface area contributed by atoms with Gasteiger partial charge in [0, 0.05) is 9.61 Å². The van der Waals surface area contributed by atoms with Gasteiger partial charge in [-0.25, -0.2) is 0 Å². The van der Waals surface area contributed by atoms with Crippen LogP contribution >= 0.6 is 22.6 Å². The molecule has 0 heterocycles. The Hall–Kier alpha value is -0.0900. The monoisotopic (exact) mass is 369 g/mol. The van der Waals surface area contributed by atoms with E-state index in [1.807, 2.05) is 0 Å². The molecule has 3 rings (SSSR count). The van der Waals surface area contributed by atoms with Crippen molar-refractivity contribution in [2.75, 3.05) is 6.54 Å². The maximum absolute atomic E-state index is 3.76. The summed E-state index contributed by atoms with van der Waals surface area (Å²) in [6.07, 6.45) is 9.90. The predicted molar refractivity (Wildman–Crippen MR) is 89.3 cm³/mol. The van der Waals surface area contributed by atoms with Gasteiger partial charge in [-0.3, -0.25) is 0 Å². The highest BCUT2D eigenvalue weighted by Gasteiger charge is 2.27. The van der Waals surface area contributed by atoms with Crippen LogP contribution in [-0.2, 0) is 6.42 Å². The molecule has 0 saturated heterocycles. The van der Waals surface area contributed by atoms with E-state index in [1.54, 1.807) is 0 Å². The van der Waals surface area contributed by atoms with Crippen LogP contribution in [0.2, 0.25) is 0 Å². The zero-order valence-corrected chi connectivity index (χ0v) is 13.7. The van der Waals surface area contributed by atoms with Crippen LogP contribution in [0.5, 0.6) is 0 Å². The van der Waals surface area contributed by atoms with E-state index in [0.29, 0.717) is 0 Å². The summed E-state index contributed by atoms with van der Waals surface area (Å²) in [4.78, 5) is 0. The Balaban J connectivity index is 1.61. The second-order valence-electron chi connectivity index (χ2n) is 6.32. The van der Waals surface area contributed by atoms with Crippen LogP contribution in [0.1, 0.15) is 44.1 Å². The molecule has 2 heteroatoms. The van der Waals surface area contributed by atoms with Gasteiger partial charge in [0.15, 0.2) is 0 Å². The summed E-state index contributed by atoms with van der Waals surface area (Å²) in [5, 5.41) is 3.76. The van der Waals surface area contributed by atoms with Crippen molar-refractivity contribution in [3.63, 3.8) is 0 Å². The van der Waals surface area contributed by atoms with Gasteiger partial charge < -0.3 is 5.32 Å². The summed E-state index contributed by atoms with van der Waals surface area (Å²) in [6, 6.07) is 9.98. The van der Waals surface area contributed by atoms with Crippen molar-refractivity contribution in [2.24, 2.45) is 11.8 Å². The Kier molecular flexibility index (Phi) is 4.80. The van der Waals surface area contributed by atoms with Crippen molar-refractivity contribution < 1.29 is 0 Å². The highest BCUT2D eigenvalue weighted by molar-refractivity contribution is 14.1. The molecule has 1 nitrogen and oxygen atoms in total. The van der Waals surface area contributed by atoms with Gasteiger partial charge in [-0.15, -0.1) is 0 Å². The molecule has 0 aliphatic heterocycles. The SMILES string of the molecule is Ic1ccc(CC(CNC2CC2)C2CCCC2)cc1. The summed E-state index contributed by atoms with van der Waals surface area (Å²) in [7, 11) is 0. The normalized spacial score (nSPS) is 21.7. The Morgan fingerprint density at radius 3 is 2.37 bits per heavy atom. The van der Waals surface area contributed by atoms with Crippen molar-refractivity contribution in [3.8, 4) is 0 Å². The first kappa shape index (κ1) is 13.9. The average Bonchev–Trinajstić information content (AvgIpc) is 3.09. The van der Waals surface area contributed by atoms with Crippen molar-refractivity contribution in [2.45, 2.75) is 51.0 Å². The van der Waals surface area contributed by atoms with Gasteiger partial charge in [-0.1, -0.05) is 37.8 Å². The van der Waals surface area contributed by atoms with Gasteiger partial charge in [0.25, 0.3) is 0 Å². The molecule has 1 aromatic rings. The summed E-state index contributed by atoms with van der Waals surface area (Å²) in [5.41, 5.74) is 1.52. The Morgan fingerprint density at radius 1 is 1.05 bits per heavy atom. The van der Waals surface area contributed by atoms with Gasteiger partial charge in [0.1, 0.15) is 0 Å². The topological polar surface area (TPSA) is 12.0 Å². The molecule has 0 aromatic heterocycles. The lowest BCUT2D eigenvalue weighted by Crippen LogP contribution is -2.30. The van der Waals surface area contributed by atoms with Gasteiger partial charge in [-0.05, 0) is 77.9 Å². The summed E-state index contributed by atoms with van der Waals surface area (Å²) in [6.45, 7) is 1.24. The third-order valence-corrected chi connectivity index (χ3v) is 5.44. The number of halogens is 1. The summed E-state index contributed by atoms with van der Waals surface area (Å²) >= 11 is 2.39. The van der Waals surface area contributed by atoms with Gasteiger partial charge >= 0.3 is 0 Å². The highest BCUT2D eigenvalue weighted by Crippen LogP contribution is 2.33. The smallest absolute Gasteiger partial charge is 0.0130 e. The van der Waals surface area contributed by atoms with E-state index in [9.17, 15) is 0 Å². The quantitative estimate of drug-likeness (QED) is 0.734. The van der Waals surface area contributed by atoms with E-state index in [2.05, 4.69) is 52.2 Å². The second kappa shape index (κ2) is 6.57. The van der Waals surface area contributed by atoms with Crippen molar-refractivity contribution >= 4 is 22.6 Å². The van der Waals surface area contributed by atoms with Crippen LogP contribution in [0.3, 0.4) is 0 Å². The molecule has 104 valence electrons. The van der Waals surface area contributed by atoms with Crippen LogP contribution in [0.4, 0.5) is 0 Å². The molecule has 2 fully saturated rings. The fraction of sp³-hybridized carbons (Fsp3) is 0.647. The van der Waals surface area contributed by atoms with E-state index in [0.717, 1.165) is 17.9 Å². The first-order chi connectivity index (χ1) is 9.31. The Morgan fingerprint density at radius 2 is 1.74 bits per heavy atom. The second-order valence-corrected chi connectivity index (χ2v) is 7.56. The van der Waals surface area contributed by atoms with E-state index < -0.39 is 0 Å². The first-order valence-electron chi connectivity index (χ1n) is 7.79. The van der Waals surface area contributed by atoms with Crippen LogP contribution < -0.4 is 5.32 Å². The third kappa shape index (κ3) is 4.19. The summed E-state index contributed by atoms with van der Waals surface area (Å²) < 4.78 is 1.34. The molecular formula is C17H24IN. The maximum atomic E-state index is 3.76. The zero-order valence-electron chi connectivity index (χ0n) is 11.6.